The maximum Gasteiger partial charge on any atom is 0.229 e. The highest BCUT2D eigenvalue weighted by Gasteiger charge is 2.09. The molecule has 1 rings (SSSR count). The summed E-state index contributed by atoms with van der Waals surface area (Å²) in [5, 5.41) is 0. The fourth-order valence-electron chi connectivity index (χ4n) is 1.45. The molecule has 1 aromatic rings. The van der Waals surface area contributed by atoms with Crippen molar-refractivity contribution in [3.05, 3.63) is 5.82 Å². The molecule has 20 heavy (non-hydrogen) atoms. The van der Waals surface area contributed by atoms with Gasteiger partial charge < -0.3 is 14.5 Å². The molecular weight excluding hydrogens is 256 g/mol. The minimum absolute atomic E-state index is 0.676. The van der Waals surface area contributed by atoms with Crippen LogP contribution in [0.3, 0.4) is 0 Å². The first-order valence-corrected chi connectivity index (χ1v) is 6.58. The van der Waals surface area contributed by atoms with Crippen LogP contribution in [-0.4, -0.2) is 62.7 Å². The van der Waals surface area contributed by atoms with E-state index in [-0.39, 0.29) is 0 Å². The van der Waals surface area contributed by atoms with E-state index in [4.69, 9.17) is 4.74 Å². The molecule has 0 aromatic carbocycles. The molecule has 0 atom stereocenters. The Morgan fingerprint density at radius 3 is 2.05 bits per heavy atom. The SMILES string of the molecule is COC(C)=NCCCc1nc(N(C)C)nc(N(C)C)n1. The summed E-state index contributed by atoms with van der Waals surface area (Å²) in [5.74, 6) is 2.84. The lowest BCUT2D eigenvalue weighted by Gasteiger charge is -2.16. The van der Waals surface area contributed by atoms with Gasteiger partial charge in [-0.15, -0.1) is 0 Å². The Morgan fingerprint density at radius 1 is 1.05 bits per heavy atom. The number of aryl methyl sites for hydroxylation is 1. The predicted octanol–water partition coefficient (Wildman–Crippen LogP) is 1.00. The van der Waals surface area contributed by atoms with Crippen LogP contribution in [0.5, 0.6) is 0 Å². The van der Waals surface area contributed by atoms with Gasteiger partial charge in [-0.3, -0.25) is 4.99 Å². The van der Waals surface area contributed by atoms with Gasteiger partial charge in [-0.25, -0.2) is 0 Å². The van der Waals surface area contributed by atoms with Crippen molar-refractivity contribution >= 4 is 17.8 Å². The highest BCUT2D eigenvalue weighted by Crippen LogP contribution is 2.11. The van der Waals surface area contributed by atoms with Gasteiger partial charge >= 0.3 is 0 Å². The van der Waals surface area contributed by atoms with Crippen LogP contribution in [-0.2, 0) is 11.2 Å². The van der Waals surface area contributed by atoms with E-state index in [1.807, 2.05) is 44.9 Å². The van der Waals surface area contributed by atoms with E-state index in [2.05, 4.69) is 19.9 Å². The van der Waals surface area contributed by atoms with Crippen LogP contribution in [0.1, 0.15) is 19.2 Å². The quantitative estimate of drug-likeness (QED) is 0.440. The van der Waals surface area contributed by atoms with Crippen molar-refractivity contribution in [2.75, 3.05) is 51.6 Å². The van der Waals surface area contributed by atoms with Crippen molar-refractivity contribution in [3.63, 3.8) is 0 Å². The number of hydrogen-bond acceptors (Lipinski definition) is 7. The molecule has 0 aliphatic rings. The van der Waals surface area contributed by atoms with Crippen molar-refractivity contribution in [3.8, 4) is 0 Å². The number of anilines is 2. The van der Waals surface area contributed by atoms with E-state index in [1.165, 1.54) is 0 Å². The highest BCUT2D eigenvalue weighted by atomic mass is 16.5. The van der Waals surface area contributed by atoms with Crippen molar-refractivity contribution < 1.29 is 4.74 Å². The lowest BCUT2D eigenvalue weighted by atomic mass is 10.3. The van der Waals surface area contributed by atoms with Crippen LogP contribution in [0.4, 0.5) is 11.9 Å². The topological polar surface area (TPSA) is 66.7 Å². The summed E-state index contributed by atoms with van der Waals surface area (Å²) in [6.07, 6.45) is 1.65. The van der Waals surface area contributed by atoms with Crippen LogP contribution in [0, 0.1) is 0 Å². The molecule has 0 aliphatic heterocycles. The summed E-state index contributed by atoms with van der Waals surface area (Å²) < 4.78 is 5.00. The maximum atomic E-state index is 5.00. The Bertz CT molecular complexity index is 432. The third kappa shape index (κ3) is 4.99. The molecule has 1 aromatic heterocycles. The molecule has 0 fully saturated rings. The zero-order valence-corrected chi connectivity index (χ0v) is 13.2. The average Bonchev–Trinajstić information content (AvgIpc) is 2.42. The van der Waals surface area contributed by atoms with Crippen LogP contribution < -0.4 is 9.80 Å². The predicted molar refractivity (Wildman–Crippen MR) is 81.8 cm³/mol. The summed E-state index contributed by atoms with van der Waals surface area (Å²) in [7, 11) is 9.31. The fourth-order valence-corrected chi connectivity index (χ4v) is 1.45. The number of ether oxygens (including phenoxy) is 1. The molecule has 0 spiro atoms. The first-order valence-electron chi connectivity index (χ1n) is 6.58. The summed E-state index contributed by atoms with van der Waals surface area (Å²) in [6.45, 7) is 2.55. The largest absolute Gasteiger partial charge is 0.484 e. The Hall–Kier alpha value is -1.92. The Balaban J connectivity index is 2.74. The fraction of sp³-hybridized carbons (Fsp3) is 0.692. The van der Waals surface area contributed by atoms with E-state index in [0.717, 1.165) is 18.7 Å². The molecule has 0 radical (unpaired) electrons. The van der Waals surface area contributed by atoms with E-state index >= 15 is 0 Å². The molecule has 0 aliphatic carbocycles. The van der Waals surface area contributed by atoms with Crippen LogP contribution in [0.25, 0.3) is 0 Å². The average molecular weight is 280 g/mol. The first kappa shape index (κ1) is 16.1. The first-order chi connectivity index (χ1) is 9.43. The number of nitrogens with zero attached hydrogens (tertiary/aromatic N) is 6. The molecule has 7 heteroatoms. The second-order valence-electron chi connectivity index (χ2n) is 4.85. The molecule has 0 unspecified atom stereocenters. The molecule has 0 N–H and O–H groups in total. The second-order valence-corrected chi connectivity index (χ2v) is 4.85. The zero-order chi connectivity index (χ0) is 15.1. The third-order valence-corrected chi connectivity index (χ3v) is 2.65. The molecule has 1 heterocycles. The van der Waals surface area contributed by atoms with Gasteiger partial charge in [0.05, 0.1) is 7.11 Å². The van der Waals surface area contributed by atoms with Gasteiger partial charge in [0.15, 0.2) is 5.90 Å². The Morgan fingerprint density at radius 2 is 1.60 bits per heavy atom. The van der Waals surface area contributed by atoms with Crippen molar-refractivity contribution in [1.29, 1.82) is 0 Å². The monoisotopic (exact) mass is 280 g/mol. The lowest BCUT2D eigenvalue weighted by molar-refractivity contribution is 0.397. The number of aromatic nitrogens is 3. The lowest BCUT2D eigenvalue weighted by Crippen LogP contribution is -2.20. The van der Waals surface area contributed by atoms with Gasteiger partial charge in [0.1, 0.15) is 5.82 Å². The van der Waals surface area contributed by atoms with Crippen LogP contribution in [0.15, 0.2) is 4.99 Å². The maximum absolute atomic E-state index is 5.00. The van der Waals surface area contributed by atoms with Crippen LogP contribution in [0.2, 0.25) is 0 Å². The van der Waals surface area contributed by atoms with Crippen LogP contribution >= 0.6 is 0 Å². The van der Waals surface area contributed by atoms with Crippen molar-refractivity contribution in [2.24, 2.45) is 4.99 Å². The number of methoxy groups -OCH3 is 1. The third-order valence-electron chi connectivity index (χ3n) is 2.65. The van der Waals surface area contributed by atoms with E-state index in [1.54, 1.807) is 7.11 Å². The highest BCUT2D eigenvalue weighted by molar-refractivity contribution is 5.72. The van der Waals surface area contributed by atoms with Gasteiger partial charge in [-0.1, -0.05) is 0 Å². The van der Waals surface area contributed by atoms with Gasteiger partial charge in [0.2, 0.25) is 11.9 Å². The van der Waals surface area contributed by atoms with Gasteiger partial charge in [0, 0.05) is 48.1 Å². The minimum Gasteiger partial charge on any atom is -0.484 e. The summed E-state index contributed by atoms with van der Waals surface area (Å²) >= 11 is 0. The zero-order valence-electron chi connectivity index (χ0n) is 13.2. The van der Waals surface area contributed by atoms with Crippen molar-refractivity contribution in [2.45, 2.75) is 19.8 Å². The van der Waals surface area contributed by atoms with E-state index in [9.17, 15) is 0 Å². The summed E-state index contributed by atoms with van der Waals surface area (Å²) in [5.41, 5.74) is 0. The number of rotatable bonds is 6. The second kappa shape index (κ2) is 7.62. The van der Waals surface area contributed by atoms with Gasteiger partial charge in [0.25, 0.3) is 0 Å². The Kier molecular flexibility index (Phi) is 6.14. The molecular formula is C13H24N6O. The minimum atomic E-state index is 0.676. The smallest absolute Gasteiger partial charge is 0.229 e. The molecule has 0 amide bonds. The van der Waals surface area contributed by atoms with Gasteiger partial charge in [-0.05, 0) is 6.42 Å². The van der Waals surface area contributed by atoms with E-state index in [0.29, 0.717) is 24.3 Å². The molecule has 0 saturated carbocycles. The summed E-state index contributed by atoms with van der Waals surface area (Å²) in [6, 6.07) is 0. The molecule has 0 bridgehead atoms. The molecule has 7 nitrogen and oxygen atoms in total. The standard InChI is InChI=1S/C13H24N6O/c1-10(20-6)14-9-7-8-11-15-12(18(2)3)17-13(16-11)19(4)5/h7-9H2,1-6H3. The summed E-state index contributed by atoms with van der Waals surface area (Å²) in [4.78, 5) is 21.3. The van der Waals surface area contributed by atoms with Crippen molar-refractivity contribution in [1.82, 2.24) is 15.0 Å². The normalized spacial score (nSPS) is 11.4. The van der Waals surface area contributed by atoms with E-state index < -0.39 is 0 Å². The number of aliphatic imine (C=N–C) groups is 1. The Labute approximate surface area is 120 Å². The van der Waals surface area contributed by atoms with Gasteiger partial charge in [-0.2, -0.15) is 15.0 Å². The molecule has 112 valence electrons. The number of hydrogen-bond donors (Lipinski definition) is 0. The molecule has 0 saturated heterocycles.